The van der Waals surface area contributed by atoms with Gasteiger partial charge in [0.1, 0.15) is 23.9 Å². The Morgan fingerprint density at radius 3 is 2.58 bits per heavy atom. The van der Waals surface area contributed by atoms with Crippen LogP contribution in [0.2, 0.25) is 5.02 Å². The van der Waals surface area contributed by atoms with Gasteiger partial charge in [-0.15, -0.1) is 10.2 Å². The molecule has 0 bridgehead atoms. The van der Waals surface area contributed by atoms with E-state index in [4.69, 9.17) is 26.5 Å². The summed E-state index contributed by atoms with van der Waals surface area (Å²) in [6.07, 6.45) is 4.04. The molecule has 0 fully saturated rings. The number of benzene rings is 3. The maximum atomic E-state index is 13.3. The standard InChI is InChI=1S/C36H36ClN7O4S2/c1-36(2,22-49-3)31-19-33(44(42-31)25-10-14-29(46)28(37)18-25)39-35(47)38-20-24-6-4-5-7-30(24)50-27-13-15-32-40-41-34(43(32)21-27)23-8-11-26(12-9-23)48-17-16-45/h4-15,18-19,21,45-46H,16-17,20,22H2,1-3H3,(H2,38,39,47). The van der Waals surface area contributed by atoms with Crippen molar-refractivity contribution >= 4 is 52.6 Å². The number of halogens is 1. The van der Waals surface area contributed by atoms with Gasteiger partial charge in [0.05, 0.1) is 23.0 Å². The zero-order valence-corrected chi connectivity index (χ0v) is 30.0. The molecular formula is C36H36ClN7O4S2. The van der Waals surface area contributed by atoms with Gasteiger partial charge in [-0.1, -0.05) is 55.4 Å². The average molecular weight is 730 g/mol. The molecule has 0 unspecified atom stereocenters. The van der Waals surface area contributed by atoms with Crippen LogP contribution in [0.3, 0.4) is 0 Å². The number of rotatable bonds is 13. The second kappa shape index (κ2) is 15.5. The third-order valence-electron chi connectivity index (χ3n) is 7.81. The summed E-state index contributed by atoms with van der Waals surface area (Å²) in [6.45, 7) is 4.67. The number of anilines is 1. The Bertz CT molecular complexity index is 2120. The number of aromatic hydroxyl groups is 1. The predicted molar refractivity (Wildman–Crippen MR) is 199 cm³/mol. The number of ether oxygens (including phenoxy) is 1. The summed E-state index contributed by atoms with van der Waals surface area (Å²) in [5, 5.41) is 38.7. The topological polar surface area (TPSA) is 139 Å². The maximum Gasteiger partial charge on any atom is 0.320 e. The largest absolute Gasteiger partial charge is 0.506 e. The fourth-order valence-electron chi connectivity index (χ4n) is 5.26. The lowest BCUT2D eigenvalue weighted by Crippen LogP contribution is -2.29. The number of amides is 2. The molecule has 11 nitrogen and oxygen atoms in total. The Morgan fingerprint density at radius 1 is 1.02 bits per heavy atom. The smallest absolute Gasteiger partial charge is 0.320 e. The van der Waals surface area contributed by atoms with Gasteiger partial charge < -0.3 is 20.3 Å². The Balaban J connectivity index is 1.18. The van der Waals surface area contributed by atoms with Crippen molar-refractivity contribution in [2.45, 2.75) is 35.6 Å². The van der Waals surface area contributed by atoms with Crippen LogP contribution in [0.15, 0.2) is 101 Å². The number of carbonyl (C=O) groups is 1. The normalized spacial score (nSPS) is 11.5. The van der Waals surface area contributed by atoms with Gasteiger partial charge in [-0.05, 0) is 72.5 Å². The lowest BCUT2D eigenvalue weighted by atomic mass is 9.92. The number of nitrogens with one attached hydrogen (secondary N) is 2. The van der Waals surface area contributed by atoms with E-state index in [1.165, 1.54) is 6.07 Å². The van der Waals surface area contributed by atoms with Gasteiger partial charge in [0, 0.05) is 45.3 Å². The van der Waals surface area contributed by atoms with E-state index in [0.29, 0.717) is 28.7 Å². The number of phenols is 1. The number of carbonyl (C=O) groups excluding carboxylic acids is 1. The summed E-state index contributed by atoms with van der Waals surface area (Å²) >= 11 is 9.52. The van der Waals surface area contributed by atoms with E-state index in [-0.39, 0.29) is 35.9 Å². The van der Waals surface area contributed by atoms with Crippen molar-refractivity contribution in [3.63, 3.8) is 0 Å². The second-order valence-electron chi connectivity index (χ2n) is 12.0. The first kappa shape index (κ1) is 35.1. The van der Waals surface area contributed by atoms with Crippen LogP contribution in [-0.4, -0.2) is 65.8 Å². The van der Waals surface area contributed by atoms with Crippen LogP contribution in [0, 0.1) is 0 Å². The molecule has 0 atom stereocenters. The fraction of sp³-hybridized carbons (Fsp3) is 0.222. The first-order valence-electron chi connectivity index (χ1n) is 15.7. The summed E-state index contributed by atoms with van der Waals surface area (Å²) in [6, 6.07) is 25.6. The number of pyridine rings is 1. The van der Waals surface area contributed by atoms with E-state index >= 15 is 0 Å². The maximum absolute atomic E-state index is 13.3. The molecule has 0 aliphatic rings. The number of hydrogen-bond donors (Lipinski definition) is 4. The predicted octanol–water partition coefficient (Wildman–Crippen LogP) is 7.43. The van der Waals surface area contributed by atoms with Crippen molar-refractivity contribution in [3.8, 4) is 28.6 Å². The number of aliphatic hydroxyl groups excluding tert-OH is 1. The van der Waals surface area contributed by atoms with E-state index in [0.717, 1.165) is 32.4 Å². The van der Waals surface area contributed by atoms with Crippen molar-refractivity contribution in [2.75, 3.05) is 30.5 Å². The van der Waals surface area contributed by atoms with E-state index < -0.39 is 6.03 Å². The summed E-state index contributed by atoms with van der Waals surface area (Å²) in [5.41, 5.74) is 3.69. The Morgan fingerprint density at radius 2 is 1.82 bits per heavy atom. The van der Waals surface area contributed by atoms with Gasteiger partial charge in [0.25, 0.3) is 0 Å². The minimum Gasteiger partial charge on any atom is -0.506 e. The molecule has 0 aliphatic heterocycles. The minimum absolute atomic E-state index is 0.0348. The average Bonchev–Trinajstić information content (AvgIpc) is 3.73. The number of phenolic OH excluding ortho intramolecular Hbond substituents is 1. The zero-order valence-electron chi connectivity index (χ0n) is 27.6. The van der Waals surface area contributed by atoms with Crippen molar-refractivity contribution in [2.24, 2.45) is 0 Å². The second-order valence-corrected chi connectivity index (χ2v) is 14.4. The molecular weight excluding hydrogens is 694 g/mol. The first-order chi connectivity index (χ1) is 24.1. The Kier molecular flexibility index (Phi) is 10.9. The summed E-state index contributed by atoms with van der Waals surface area (Å²) in [4.78, 5) is 15.3. The monoisotopic (exact) mass is 729 g/mol. The highest BCUT2D eigenvalue weighted by molar-refractivity contribution is 7.99. The quantitative estimate of drug-likeness (QED) is 0.0956. The lowest BCUT2D eigenvalue weighted by Gasteiger charge is -2.20. The molecule has 6 aromatic rings. The third-order valence-corrected chi connectivity index (χ3v) is 10.2. The van der Waals surface area contributed by atoms with Gasteiger partial charge in [-0.2, -0.15) is 16.9 Å². The third kappa shape index (κ3) is 8.02. The highest BCUT2D eigenvalue weighted by atomic mass is 35.5. The molecule has 3 aromatic carbocycles. The van der Waals surface area contributed by atoms with Crippen LogP contribution in [-0.2, 0) is 12.0 Å². The van der Waals surface area contributed by atoms with Crippen LogP contribution in [0.4, 0.5) is 10.6 Å². The number of fused-ring (bicyclic) bond motifs is 1. The lowest BCUT2D eigenvalue weighted by molar-refractivity contribution is 0.201. The van der Waals surface area contributed by atoms with Crippen LogP contribution in [0.1, 0.15) is 25.1 Å². The molecule has 3 heterocycles. The minimum atomic E-state index is -0.395. The van der Waals surface area contributed by atoms with E-state index in [1.54, 1.807) is 40.3 Å². The molecule has 0 spiro atoms. The summed E-state index contributed by atoms with van der Waals surface area (Å²) in [5.74, 6) is 2.63. The van der Waals surface area contributed by atoms with E-state index in [2.05, 4.69) is 34.7 Å². The molecule has 0 saturated heterocycles. The molecule has 0 saturated carbocycles. The van der Waals surface area contributed by atoms with Gasteiger partial charge in [0.2, 0.25) is 0 Å². The number of nitrogens with zero attached hydrogens (tertiary/aromatic N) is 5. The van der Waals surface area contributed by atoms with Crippen molar-refractivity contribution < 1.29 is 19.7 Å². The van der Waals surface area contributed by atoms with Gasteiger partial charge >= 0.3 is 6.03 Å². The first-order valence-corrected chi connectivity index (χ1v) is 18.3. The van der Waals surface area contributed by atoms with E-state index in [1.807, 2.05) is 83.6 Å². The van der Waals surface area contributed by atoms with Gasteiger partial charge in [-0.25, -0.2) is 9.48 Å². The molecule has 4 N–H and O–H groups in total. The van der Waals surface area contributed by atoms with Crippen molar-refractivity contribution in [1.29, 1.82) is 0 Å². The van der Waals surface area contributed by atoms with Gasteiger partial charge in [-0.3, -0.25) is 9.72 Å². The molecule has 14 heteroatoms. The number of aliphatic hydroxyl groups is 1. The fourth-order valence-corrected chi connectivity index (χ4v) is 7.28. The molecule has 0 radical (unpaired) electrons. The van der Waals surface area contributed by atoms with Crippen LogP contribution in [0.5, 0.6) is 11.5 Å². The molecule has 258 valence electrons. The number of aromatic nitrogens is 5. The van der Waals surface area contributed by atoms with Crippen molar-refractivity contribution in [3.05, 3.63) is 107 Å². The number of thioether (sulfide) groups is 1. The Hall–Kier alpha value is -4.69. The summed E-state index contributed by atoms with van der Waals surface area (Å²) in [7, 11) is 0. The highest BCUT2D eigenvalue weighted by Gasteiger charge is 2.26. The number of hydrogen-bond acceptors (Lipinski definition) is 9. The van der Waals surface area contributed by atoms with Crippen LogP contribution >= 0.6 is 35.1 Å². The zero-order chi connectivity index (χ0) is 35.3. The van der Waals surface area contributed by atoms with E-state index in [9.17, 15) is 9.90 Å². The van der Waals surface area contributed by atoms with Crippen LogP contribution in [0.25, 0.3) is 22.7 Å². The SMILES string of the molecule is CSCC(C)(C)c1cc(NC(=O)NCc2ccccc2Sc2ccc3nnc(-c4ccc(OCCO)cc4)n3c2)n(-c2ccc(O)c(Cl)c2)n1. The Labute approximate surface area is 303 Å². The van der Waals surface area contributed by atoms with Crippen LogP contribution < -0.4 is 15.4 Å². The molecule has 50 heavy (non-hydrogen) atoms. The van der Waals surface area contributed by atoms with Gasteiger partial charge in [0.15, 0.2) is 11.5 Å². The molecule has 6 rings (SSSR count). The molecule has 2 amide bonds. The van der Waals surface area contributed by atoms with Crippen molar-refractivity contribution in [1.82, 2.24) is 29.7 Å². The number of urea groups is 1. The highest BCUT2D eigenvalue weighted by Crippen LogP contribution is 2.33. The molecule has 0 aliphatic carbocycles. The molecule has 3 aromatic heterocycles. The summed E-state index contributed by atoms with van der Waals surface area (Å²) < 4.78 is 9.05.